The lowest BCUT2D eigenvalue weighted by Crippen LogP contribution is -2.52. The summed E-state index contributed by atoms with van der Waals surface area (Å²) in [6, 6.07) is 6.53. The smallest absolute Gasteiger partial charge is 0.253 e. The summed E-state index contributed by atoms with van der Waals surface area (Å²) in [5.41, 5.74) is 3.31. The van der Waals surface area contributed by atoms with Crippen molar-refractivity contribution >= 4 is 11.6 Å². The van der Waals surface area contributed by atoms with Gasteiger partial charge >= 0.3 is 0 Å². The van der Waals surface area contributed by atoms with E-state index in [-0.39, 0.29) is 5.91 Å². The minimum atomic E-state index is 0.179. The molecule has 1 aromatic rings. The van der Waals surface area contributed by atoms with Crippen molar-refractivity contribution < 1.29 is 4.79 Å². The number of amides is 1. The van der Waals surface area contributed by atoms with Gasteiger partial charge in [0.15, 0.2) is 0 Å². The maximum absolute atomic E-state index is 12.6. The third-order valence-electron chi connectivity index (χ3n) is 4.54. The first-order valence-electron chi connectivity index (χ1n) is 7.51. The first-order valence-corrected chi connectivity index (χ1v) is 7.51. The Morgan fingerprint density at radius 1 is 1.35 bits per heavy atom. The van der Waals surface area contributed by atoms with E-state index in [1.54, 1.807) is 0 Å². The highest BCUT2D eigenvalue weighted by Crippen LogP contribution is 2.24. The van der Waals surface area contributed by atoms with Crippen LogP contribution in [0.2, 0.25) is 0 Å². The molecule has 4 heteroatoms. The number of nitrogens with one attached hydrogen (secondary N) is 1. The zero-order chi connectivity index (χ0) is 14.1. The van der Waals surface area contributed by atoms with E-state index in [0.717, 1.165) is 44.6 Å². The molecule has 2 aliphatic rings. The topological polar surface area (TPSA) is 35.6 Å². The molecule has 108 valence electrons. The van der Waals surface area contributed by atoms with Crippen LogP contribution in [0.4, 0.5) is 5.69 Å². The number of hydrogen-bond acceptors (Lipinski definition) is 3. The van der Waals surface area contributed by atoms with E-state index in [1.165, 1.54) is 11.3 Å². The van der Waals surface area contributed by atoms with Crippen LogP contribution in [0.15, 0.2) is 18.2 Å². The number of piperazine rings is 1. The van der Waals surface area contributed by atoms with Gasteiger partial charge in [-0.05, 0) is 50.6 Å². The minimum absolute atomic E-state index is 0.179. The lowest BCUT2D eigenvalue weighted by atomic mass is 10.00. The van der Waals surface area contributed by atoms with E-state index < -0.39 is 0 Å². The van der Waals surface area contributed by atoms with Gasteiger partial charge in [0.05, 0.1) is 0 Å². The summed E-state index contributed by atoms with van der Waals surface area (Å²) in [4.78, 5) is 16.9. The molecule has 0 bridgehead atoms. The van der Waals surface area contributed by atoms with Crippen LogP contribution in [0, 0.1) is 0 Å². The Labute approximate surface area is 120 Å². The summed E-state index contributed by atoms with van der Waals surface area (Å²) >= 11 is 0. The fourth-order valence-corrected chi connectivity index (χ4v) is 3.02. The van der Waals surface area contributed by atoms with E-state index in [1.807, 2.05) is 11.0 Å². The van der Waals surface area contributed by atoms with Crippen LogP contribution in [0.1, 0.15) is 29.3 Å². The number of likely N-dealkylation sites (N-methyl/N-ethyl adjacent to an activating group) is 1. The molecular weight excluding hydrogens is 250 g/mol. The molecule has 0 spiro atoms. The predicted molar refractivity (Wildman–Crippen MR) is 81.2 cm³/mol. The number of anilines is 1. The van der Waals surface area contributed by atoms with Crippen LogP contribution in [0.3, 0.4) is 0 Å². The summed E-state index contributed by atoms with van der Waals surface area (Å²) in [6.45, 7) is 5.82. The van der Waals surface area contributed by atoms with Gasteiger partial charge < -0.3 is 15.1 Å². The van der Waals surface area contributed by atoms with Gasteiger partial charge in [-0.2, -0.15) is 0 Å². The number of benzene rings is 1. The highest BCUT2D eigenvalue weighted by molar-refractivity contribution is 5.95. The molecule has 1 atom stereocenters. The molecule has 0 saturated carbocycles. The largest absolute Gasteiger partial charge is 0.385 e. The molecule has 20 heavy (non-hydrogen) atoms. The van der Waals surface area contributed by atoms with E-state index in [0.29, 0.717) is 6.04 Å². The zero-order valence-electron chi connectivity index (χ0n) is 12.4. The zero-order valence-corrected chi connectivity index (χ0v) is 12.4. The van der Waals surface area contributed by atoms with Crippen LogP contribution in [0.5, 0.6) is 0 Å². The fraction of sp³-hybridized carbons (Fsp3) is 0.562. The Balaban J connectivity index is 1.77. The number of carbonyl (C=O) groups is 1. The van der Waals surface area contributed by atoms with Crippen molar-refractivity contribution in [1.82, 2.24) is 9.80 Å². The number of aryl methyl sites for hydroxylation is 1. The van der Waals surface area contributed by atoms with Crippen LogP contribution >= 0.6 is 0 Å². The molecule has 2 heterocycles. The van der Waals surface area contributed by atoms with Crippen molar-refractivity contribution in [2.24, 2.45) is 0 Å². The maximum Gasteiger partial charge on any atom is 0.253 e. The van der Waals surface area contributed by atoms with Gasteiger partial charge in [-0.15, -0.1) is 0 Å². The number of nitrogens with zero attached hydrogens (tertiary/aromatic N) is 2. The maximum atomic E-state index is 12.6. The summed E-state index contributed by atoms with van der Waals surface area (Å²) in [7, 11) is 2.12. The van der Waals surface area contributed by atoms with Crippen LogP contribution in [-0.4, -0.2) is 55.0 Å². The van der Waals surface area contributed by atoms with E-state index in [4.69, 9.17) is 0 Å². The van der Waals surface area contributed by atoms with Crippen LogP contribution < -0.4 is 5.32 Å². The van der Waals surface area contributed by atoms with Gasteiger partial charge in [-0.1, -0.05) is 0 Å². The van der Waals surface area contributed by atoms with Gasteiger partial charge in [-0.25, -0.2) is 0 Å². The fourth-order valence-electron chi connectivity index (χ4n) is 3.02. The number of fused-ring (bicyclic) bond motifs is 1. The Bertz CT molecular complexity index is 514. The quantitative estimate of drug-likeness (QED) is 0.848. The third kappa shape index (κ3) is 2.52. The number of hydrogen-bond donors (Lipinski definition) is 1. The van der Waals surface area contributed by atoms with Gasteiger partial charge in [0.2, 0.25) is 0 Å². The van der Waals surface area contributed by atoms with Gasteiger partial charge in [0.25, 0.3) is 5.91 Å². The summed E-state index contributed by atoms with van der Waals surface area (Å²) in [5, 5.41) is 3.39. The van der Waals surface area contributed by atoms with Gasteiger partial charge in [0.1, 0.15) is 0 Å². The van der Waals surface area contributed by atoms with Gasteiger partial charge in [0, 0.05) is 43.5 Å². The standard InChI is InChI=1S/C16H23N3O/c1-12-11-19(9-8-18(12)2)16(20)14-5-6-15-13(10-14)4-3-7-17-15/h5-6,10,12,17H,3-4,7-9,11H2,1-2H3. The van der Waals surface area contributed by atoms with Crippen LogP contribution in [0.25, 0.3) is 0 Å². The molecule has 1 aromatic carbocycles. The van der Waals surface area contributed by atoms with Crippen molar-refractivity contribution in [3.05, 3.63) is 29.3 Å². The molecule has 1 fully saturated rings. The van der Waals surface area contributed by atoms with Crippen molar-refractivity contribution in [3.8, 4) is 0 Å². The molecule has 3 rings (SSSR count). The van der Waals surface area contributed by atoms with Crippen molar-refractivity contribution in [2.75, 3.05) is 38.5 Å². The average Bonchev–Trinajstić information content (AvgIpc) is 2.49. The Morgan fingerprint density at radius 2 is 2.20 bits per heavy atom. The summed E-state index contributed by atoms with van der Waals surface area (Å²) in [6.07, 6.45) is 2.22. The molecule has 1 unspecified atom stereocenters. The predicted octanol–water partition coefficient (Wildman–Crippen LogP) is 1.82. The van der Waals surface area contributed by atoms with E-state index in [9.17, 15) is 4.79 Å². The highest BCUT2D eigenvalue weighted by atomic mass is 16.2. The molecule has 0 radical (unpaired) electrons. The van der Waals surface area contributed by atoms with Gasteiger partial charge in [-0.3, -0.25) is 4.79 Å². The Kier molecular flexibility index (Phi) is 3.66. The molecular formula is C16H23N3O. The summed E-state index contributed by atoms with van der Waals surface area (Å²) < 4.78 is 0. The van der Waals surface area contributed by atoms with Crippen molar-refractivity contribution in [1.29, 1.82) is 0 Å². The monoisotopic (exact) mass is 273 g/mol. The molecule has 1 saturated heterocycles. The minimum Gasteiger partial charge on any atom is -0.385 e. The second kappa shape index (κ2) is 5.44. The lowest BCUT2D eigenvalue weighted by Gasteiger charge is -2.37. The molecule has 1 amide bonds. The van der Waals surface area contributed by atoms with Crippen molar-refractivity contribution in [2.45, 2.75) is 25.8 Å². The Hall–Kier alpha value is -1.55. The molecule has 0 aromatic heterocycles. The highest BCUT2D eigenvalue weighted by Gasteiger charge is 2.25. The van der Waals surface area contributed by atoms with E-state index in [2.05, 4.69) is 36.3 Å². The molecule has 4 nitrogen and oxygen atoms in total. The normalized spacial score (nSPS) is 23.1. The van der Waals surface area contributed by atoms with E-state index >= 15 is 0 Å². The second-order valence-corrected chi connectivity index (χ2v) is 5.98. The lowest BCUT2D eigenvalue weighted by molar-refractivity contribution is 0.0572. The third-order valence-corrected chi connectivity index (χ3v) is 4.54. The molecule has 2 aliphatic heterocycles. The average molecular weight is 273 g/mol. The summed E-state index contributed by atoms with van der Waals surface area (Å²) in [5.74, 6) is 0.179. The second-order valence-electron chi connectivity index (χ2n) is 5.98. The SMILES string of the molecule is CC1CN(C(=O)c2ccc3c(c2)CCCN3)CCN1C. The van der Waals surface area contributed by atoms with Crippen LogP contribution in [-0.2, 0) is 6.42 Å². The molecule has 1 N–H and O–H groups in total. The van der Waals surface area contributed by atoms with Crippen molar-refractivity contribution in [3.63, 3.8) is 0 Å². The first-order chi connectivity index (χ1) is 9.65. The number of carbonyl (C=O) groups excluding carboxylic acids is 1. The first kappa shape index (κ1) is 13.4. The Morgan fingerprint density at radius 3 is 3.00 bits per heavy atom. The molecule has 0 aliphatic carbocycles. The number of rotatable bonds is 1.